The SMILES string of the molecule is CC#CCCC1CCC/C1=C\C=O. The molecule has 0 amide bonds. The highest BCUT2D eigenvalue weighted by atomic mass is 16.1. The predicted molar refractivity (Wildman–Crippen MR) is 54.2 cm³/mol. The van der Waals surface area contributed by atoms with Gasteiger partial charge in [0.05, 0.1) is 0 Å². The van der Waals surface area contributed by atoms with Crippen LogP contribution in [0.4, 0.5) is 0 Å². The summed E-state index contributed by atoms with van der Waals surface area (Å²) >= 11 is 0. The van der Waals surface area contributed by atoms with E-state index in [0.717, 1.165) is 25.5 Å². The Kier molecular flexibility index (Phi) is 4.32. The molecule has 0 saturated heterocycles. The molecular weight excluding hydrogens is 160 g/mol. The van der Waals surface area contributed by atoms with Gasteiger partial charge in [0.25, 0.3) is 0 Å². The summed E-state index contributed by atoms with van der Waals surface area (Å²) in [5, 5.41) is 0. The summed E-state index contributed by atoms with van der Waals surface area (Å²) in [6.45, 7) is 1.87. The molecule has 1 aliphatic carbocycles. The van der Waals surface area contributed by atoms with Crippen molar-refractivity contribution in [3.63, 3.8) is 0 Å². The minimum absolute atomic E-state index is 0.631. The summed E-state index contributed by atoms with van der Waals surface area (Å²) in [4.78, 5) is 10.3. The molecule has 0 aromatic heterocycles. The van der Waals surface area contributed by atoms with E-state index in [1.807, 2.05) is 6.92 Å². The van der Waals surface area contributed by atoms with Crippen molar-refractivity contribution in [2.45, 2.75) is 39.0 Å². The Labute approximate surface area is 80.2 Å². The van der Waals surface area contributed by atoms with E-state index < -0.39 is 0 Å². The summed E-state index contributed by atoms with van der Waals surface area (Å²) in [5.74, 6) is 6.60. The number of carbonyl (C=O) groups excluding carboxylic acids is 1. The first-order valence-corrected chi connectivity index (χ1v) is 4.92. The van der Waals surface area contributed by atoms with Crippen LogP contribution >= 0.6 is 0 Å². The minimum atomic E-state index is 0.631. The molecule has 0 aliphatic heterocycles. The molecule has 0 bridgehead atoms. The van der Waals surface area contributed by atoms with Crippen LogP contribution in [0.15, 0.2) is 11.6 Å². The van der Waals surface area contributed by atoms with Crippen LogP contribution in [0, 0.1) is 17.8 Å². The zero-order valence-corrected chi connectivity index (χ0v) is 8.18. The molecule has 1 aliphatic rings. The van der Waals surface area contributed by atoms with Crippen molar-refractivity contribution in [1.29, 1.82) is 0 Å². The lowest BCUT2D eigenvalue weighted by molar-refractivity contribution is -0.104. The molecule has 0 aromatic rings. The van der Waals surface area contributed by atoms with Gasteiger partial charge in [-0.2, -0.15) is 0 Å². The normalized spacial score (nSPS) is 24.1. The first kappa shape index (κ1) is 10.1. The molecule has 1 rings (SSSR count). The Morgan fingerprint density at radius 1 is 1.62 bits per heavy atom. The molecule has 0 heterocycles. The Balaban J connectivity index is 2.42. The van der Waals surface area contributed by atoms with Gasteiger partial charge in [-0.3, -0.25) is 4.79 Å². The molecule has 1 heteroatoms. The third kappa shape index (κ3) is 3.06. The number of carbonyl (C=O) groups is 1. The largest absolute Gasteiger partial charge is 0.299 e. The Bertz CT molecular complexity index is 252. The highest BCUT2D eigenvalue weighted by molar-refractivity contribution is 5.66. The van der Waals surface area contributed by atoms with E-state index in [4.69, 9.17) is 0 Å². The van der Waals surface area contributed by atoms with Gasteiger partial charge in [-0.05, 0) is 44.6 Å². The summed E-state index contributed by atoms with van der Waals surface area (Å²) in [6.07, 6.45) is 8.35. The second-order valence-corrected chi connectivity index (χ2v) is 3.43. The lowest BCUT2D eigenvalue weighted by atomic mass is 9.97. The van der Waals surface area contributed by atoms with Crippen molar-refractivity contribution in [3.8, 4) is 11.8 Å². The van der Waals surface area contributed by atoms with E-state index in [9.17, 15) is 4.79 Å². The fourth-order valence-electron chi connectivity index (χ4n) is 1.95. The molecule has 1 fully saturated rings. The highest BCUT2D eigenvalue weighted by Crippen LogP contribution is 2.33. The van der Waals surface area contributed by atoms with Crippen molar-refractivity contribution in [1.82, 2.24) is 0 Å². The van der Waals surface area contributed by atoms with Crippen molar-refractivity contribution < 1.29 is 4.79 Å². The molecule has 0 N–H and O–H groups in total. The molecule has 1 atom stereocenters. The smallest absolute Gasteiger partial charge is 0.142 e. The van der Waals surface area contributed by atoms with Gasteiger partial charge in [0.15, 0.2) is 0 Å². The molecular formula is C12H16O. The average molecular weight is 176 g/mol. The average Bonchev–Trinajstić information content (AvgIpc) is 2.54. The molecule has 0 spiro atoms. The van der Waals surface area contributed by atoms with E-state index >= 15 is 0 Å². The maximum Gasteiger partial charge on any atom is 0.142 e. The van der Waals surface area contributed by atoms with Crippen LogP contribution in [-0.2, 0) is 4.79 Å². The molecule has 1 unspecified atom stereocenters. The van der Waals surface area contributed by atoms with Crippen LogP contribution in [0.3, 0.4) is 0 Å². The lowest BCUT2D eigenvalue weighted by Crippen LogP contribution is -1.96. The van der Waals surface area contributed by atoms with E-state index in [2.05, 4.69) is 11.8 Å². The fraction of sp³-hybridized carbons (Fsp3) is 0.583. The minimum Gasteiger partial charge on any atom is -0.299 e. The van der Waals surface area contributed by atoms with Gasteiger partial charge in [0.2, 0.25) is 0 Å². The first-order chi connectivity index (χ1) is 6.38. The number of rotatable bonds is 3. The summed E-state index contributed by atoms with van der Waals surface area (Å²) in [6, 6.07) is 0. The van der Waals surface area contributed by atoms with Crippen molar-refractivity contribution >= 4 is 6.29 Å². The van der Waals surface area contributed by atoms with Crippen LogP contribution in [0.25, 0.3) is 0 Å². The standard InChI is InChI=1S/C12H16O/c1-2-3-4-6-11-7-5-8-12(11)9-10-13/h9-11H,4-8H2,1H3/b12-9+. The van der Waals surface area contributed by atoms with Gasteiger partial charge in [-0.1, -0.05) is 5.57 Å². The first-order valence-electron chi connectivity index (χ1n) is 4.92. The van der Waals surface area contributed by atoms with Crippen molar-refractivity contribution in [2.24, 2.45) is 5.92 Å². The summed E-state index contributed by atoms with van der Waals surface area (Å²) in [5.41, 5.74) is 1.34. The zero-order chi connectivity index (χ0) is 9.52. The van der Waals surface area contributed by atoms with Gasteiger partial charge < -0.3 is 0 Å². The second kappa shape index (κ2) is 5.59. The predicted octanol–water partition coefficient (Wildman–Crippen LogP) is 2.72. The number of hydrogen-bond acceptors (Lipinski definition) is 1. The van der Waals surface area contributed by atoms with E-state index in [1.54, 1.807) is 6.08 Å². The van der Waals surface area contributed by atoms with Gasteiger partial charge in [-0.15, -0.1) is 11.8 Å². The quantitative estimate of drug-likeness (QED) is 0.367. The maximum atomic E-state index is 10.3. The highest BCUT2D eigenvalue weighted by Gasteiger charge is 2.19. The van der Waals surface area contributed by atoms with Crippen molar-refractivity contribution in [3.05, 3.63) is 11.6 Å². The molecule has 1 nitrogen and oxygen atoms in total. The number of allylic oxidation sites excluding steroid dienone is 2. The van der Waals surface area contributed by atoms with Crippen LogP contribution in [0.5, 0.6) is 0 Å². The van der Waals surface area contributed by atoms with Crippen LogP contribution < -0.4 is 0 Å². The monoisotopic (exact) mass is 176 g/mol. The maximum absolute atomic E-state index is 10.3. The molecule has 1 saturated carbocycles. The molecule has 0 aromatic carbocycles. The molecule has 13 heavy (non-hydrogen) atoms. The Morgan fingerprint density at radius 3 is 3.15 bits per heavy atom. The van der Waals surface area contributed by atoms with Crippen LogP contribution in [0.1, 0.15) is 39.0 Å². The summed E-state index contributed by atoms with van der Waals surface area (Å²) in [7, 11) is 0. The van der Waals surface area contributed by atoms with Gasteiger partial charge >= 0.3 is 0 Å². The van der Waals surface area contributed by atoms with Gasteiger partial charge in [0, 0.05) is 6.42 Å². The third-order valence-corrected chi connectivity index (χ3v) is 2.62. The fourth-order valence-corrected chi connectivity index (χ4v) is 1.95. The van der Waals surface area contributed by atoms with Gasteiger partial charge in [0.1, 0.15) is 6.29 Å². The van der Waals surface area contributed by atoms with Crippen LogP contribution in [-0.4, -0.2) is 6.29 Å². The second-order valence-electron chi connectivity index (χ2n) is 3.43. The van der Waals surface area contributed by atoms with Crippen LogP contribution in [0.2, 0.25) is 0 Å². The van der Waals surface area contributed by atoms with E-state index in [0.29, 0.717) is 5.92 Å². The number of aldehydes is 1. The van der Waals surface area contributed by atoms with E-state index in [1.165, 1.54) is 18.4 Å². The molecule has 70 valence electrons. The van der Waals surface area contributed by atoms with Gasteiger partial charge in [-0.25, -0.2) is 0 Å². The Morgan fingerprint density at radius 2 is 2.46 bits per heavy atom. The topological polar surface area (TPSA) is 17.1 Å². The van der Waals surface area contributed by atoms with Crippen molar-refractivity contribution in [2.75, 3.05) is 0 Å². The third-order valence-electron chi connectivity index (χ3n) is 2.62. The summed E-state index contributed by atoms with van der Waals surface area (Å²) < 4.78 is 0. The number of hydrogen-bond donors (Lipinski definition) is 0. The Hall–Kier alpha value is -1.03. The van der Waals surface area contributed by atoms with E-state index in [-0.39, 0.29) is 0 Å². The zero-order valence-electron chi connectivity index (χ0n) is 8.18. The lowest BCUT2D eigenvalue weighted by Gasteiger charge is -2.08. The molecule has 0 radical (unpaired) electrons.